The number of hydrogen-bond donors (Lipinski definition) is 3. The van der Waals surface area contributed by atoms with E-state index in [1.54, 1.807) is 0 Å². The van der Waals surface area contributed by atoms with E-state index in [0.717, 1.165) is 38.5 Å². The summed E-state index contributed by atoms with van der Waals surface area (Å²) < 4.78 is 0. The summed E-state index contributed by atoms with van der Waals surface area (Å²) in [4.78, 5) is 12.3. The van der Waals surface area contributed by atoms with Crippen LogP contribution in [0.25, 0.3) is 0 Å². The van der Waals surface area contributed by atoms with Gasteiger partial charge in [-0.2, -0.15) is 0 Å². The molecule has 2 unspecified atom stereocenters. The second kappa shape index (κ2) is 33.8. The standard InChI is InChI=1S/C38H69NO3/c1-3-5-7-9-11-13-15-17-18-19-20-22-23-25-27-29-31-33-37(41)36(35-40)39-38(42)34-32-30-28-26-24-21-16-14-12-10-8-6-4-2/h6,8,12,14,21,24,28,30,36-37,40-41H,3-5,7,9-11,13,15-20,22-23,25-27,29,31-35H2,1-2H3,(H,39,42)/b8-6-,14-12-,24-21-,30-28-. The molecule has 0 heterocycles. The number of rotatable bonds is 31. The van der Waals surface area contributed by atoms with Gasteiger partial charge in [0.2, 0.25) is 5.91 Å². The molecule has 0 saturated carbocycles. The van der Waals surface area contributed by atoms with Crippen molar-refractivity contribution in [1.29, 1.82) is 0 Å². The maximum absolute atomic E-state index is 12.3. The minimum Gasteiger partial charge on any atom is -0.394 e. The highest BCUT2D eigenvalue weighted by Crippen LogP contribution is 2.15. The molecule has 0 rings (SSSR count). The van der Waals surface area contributed by atoms with Crippen molar-refractivity contribution in [2.24, 2.45) is 0 Å². The quantitative estimate of drug-likeness (QED) is 0.0558. The first-order chi connectivity index (χ1) is 20.7. The summed E-state index contributed by atoms with van der Waals surface area (Å²) in [5.74, 6) is -0.113. The van der Waals surface area contributed by atoms with Crippen molar-refractivity contribution in [3.05, 3.63) is 48.6 Å². The lowest BCUT2D eigenvalue weighted by atomic mass is 10.0. The molecule has 0 radical (unpaired) electrons. The molecule has 2 atom stereocenters. The van der Waals surface area contributed by atoms with Crippen LogP contribution in [0.15, 0.2) is 48.6 Å². The molecule has 0 aromatic rings. The second-order valence-corrected chi connectivity index (χ2v) is 11.9. The number of hydrogen-bond acceptors (Lipinski definition) is 3. The lowest BCUT2D eigenvalue weighted by Gasteiger charge is -2.22. The number of aliphatic hydroxyl groups is 2. The fourth-order valence-corrected chi connectivity index (χ4v) is 5.13. The molecule has 0 aromatic carbocycles. The first kappa shape index (κ1) is 40.4. The molecule has 0 aliphatic carbocycles. The normalized spacial score (nSPS) is 13.7. The molecule has 0 fully saturated rings. The summed E-state index contributed by atoms with van der Waals surface area (Å²) in [6.45, 7) is 4.19. The summed E-state index contributed by atoms with van der Waals surface area (Å²) in [6.07, 6.45) is 44.6. The third-order valence-corrected chi connectivity index (χ3v) is 7.87. The van der Waals surface area contributed by atoms with Gasteiger partial charge < -0.3 is 15.5 Å². The lowest BCUT2D eigenvalue weighted by molar-refractivity contribution is -0.123. The van der Waals surface area contributed by atoms with E-state index >= 15 is 0 Å². The zero-order chi connectivity index (χ0) is 30.8. The third-order valence-electron chi connectivity index (χ3n) is 7.87. The van der Waals surface area contributed by atoms with Crippen molar-refractivity contribution >= 4 is 5.91 Å². The molecule has 42 heavy (non-hydrogen) atoms. The molecule has 0 saturated heterocycles. The van der Waals surface area contributed by atoms with Gasteiger partial charge in [0.1, 0.15) is 0 Å². The Balaban J connectivity index is 3.66. The number of unbranched alkanes of at least 4 members (excludes halogenated alkanes) is 16. The summed E-state index contributed by atoms with van der Waals surface area (Å²) in [6, 6.07) is -0.573. The average Bonchev–Trinajstić information content (AvgIpc) is 2.99. The van der Waals surface area contributed by atoms with E-state index in [-0.39, 0.29) is 12.5 Å². The minimum absolute atomic E-state index is 0.113. The molecule has 4 nitrogen and oxygen atoms in total. The van der Waals surface area contributed by atoms with Crippen LogP contribution in [0.3, 0.4) is 0 Å². The Morgan fingerprint density at radius 1 is 0.595 bits per heavy atom. The molecular weight excluding hydrogens is 518 g/mol. The summed E-state index contributed by atoms with van der Waals surface area (Å²) in [5.41, 5.74) is 0. The fourth-order valence-electron chi connectivity index (χ4n) is 5.13. The van der Waals surface area contributed by atoms with Crippen LogP contribution >= 0.6 is 0 Å². The van der Waals surface area contributed by atoms with Gasteiger partial charge in [-0.15, -0.1) is 0 Å². The number of aliphatic hydroxyl groups excluding tert-OH is 2. The predicted octanol–water partition coefficient (Wildman–Crippen LogP) is 10.5. The summed E-state index contributed by atoms with van der Waals surface area (Å²) in [5, 5.41) is 22.9. The molecule has 0 aromatic heterocycles. The number of amides is 1. The first-order valence-corrected chi connectivity index (χ1v) is 17.8. The molecule has 0 aliphatic rings. The Morgan fingerprint density at radius 3 is 1.43 bits per heavy atom. The largest absolute Gasteiger partial charge is 0.394 e. The van der Waals surface area contributed by atoms with Gasteiger partial charge in [-0.05, 0) is 38.5 Å². The fraction of sp³-hybridized carbons (Fsp3) is 0.763. The van der Waals surface area contributed by atoms with Gasteiger partial charge in [0.25, 0.3) is 0 Å². The maximum atomic E-state index is 12.3. The van der Waals surface area contributed by atoms with Crippen LogP contribution in [0.1, 0.15) is 168 Å². The molecule has 244 valence electrons. The van der Waals surface area contributed by atoms with Gasteiger partial charge in [0.05, 0.1) is 18.8 Å². The van der Waals surface area contributed by atoms with Gasteiger partial charge in [-0.3, -0.25) is 4.79 Å². The number of carbonyl (C=O) groups is 1. The van der Waals surface area contributed by atoms with E-state index < -0.39 is 12.1 Å². The van der Waals surface area contributed by atoms with E-state index in [0.29, 0.717) is 19.3 Å². The number of carbonyl (C=O) groups excluding carboxylic acids is 1. The zero-order valence-corrected chi connectivity index (χ0v) is 27.8. The highest BCUT2D eigenvalue weighted by Gasteiger charge is 2.19. The van der Waals surface area contributed by atoms with E-state index in [9.17, 15) is 15.0 Å². The van der Waals surface area contributed by atoms with Gasteiger partial charge in [-0.25, -0.2) is 0 Å². The van der Waals surface area contributed by atoms with Gasteiger partial charge in [0.15, 0.2) is 0 Å². The molecule has 3 N–H and O–H groups in total. The highest BCUT2D eigenvalue weighted by atomic mass is 16.3. The average molecular weight is 588 g/mol. The Labute approximate surface area is 261 Å². The van der Waals surface area contributed by atoms with Gasteiger partial charge >= 0.3 is 0 Å². The van der Waals surface area contributed by atoms with E-state index in [1.807, 2.05) is 6.08 Å². The SMILES string of the molecule is CC/C=C\C/C=C\C/C=C\C/C=C\CCC(=O)NC(CO)C(O)CCCCCCCCCCCCCCCCCCC. The van der Waals surface area contributed by atoms with Crippen molar-refractivity contribution in [2.45, 2.75) is 180 Å². The molecule has 4 heteroatoms. The smallest absolute Gasteiger partial charge is 0.220 e. The zero-order valence-electron chi connectivity index (χ0n) is 27.8. The van der Waals surface area contributed by atoms with Crippen molar-refractivity contribution in [2.75, 3.05) is 6.61 Å². The topological polar surface area (TPSA) is 69.6 Å². The van der Waals surface area contributed by atoms with Crippen LogP contribution in [-0.4, -0.2) is 34.9 Å². The summed E-state index contributed by atoms with van der Waals surface area (Å²) >= 11 is 0. The highest BCUT2D eigenvalue weighted by molar-refractivity contribution is 5.76. The number of nitrogens with one attached hydrogen (secondary N) is 1. The van der Waals surface area contributed by atoms with Crippen molar-refractivity contribution < 1.29 is 15.0 Å². The maximum Gasteiger partial charge on any atom is 0.220 e. The molecular formula is C38H69NO3. The van der Waals surface area contributed by atoms with Crippen LogP contribution in [0, 0.1) is 0 Å². The summed E-state index contributed by atoms with van der Waals surface area (Å²) in [7, 11) is 0. The van der Waals surface area contributed by atoms with Crippen molar-refractivity contribution in [3.63, 3.8) is 0 Å². The molecule has 0 bridgehead atoms. The van der Waals surface area contributed by atoms with E-state index in [4.69, 9.17) is 0 Å². The predicted molar refractivity (Wildman–Crippen MR) is 184 cm³/mol. The Bertz CT molecular complexity index is 682. The van der Waals surface area contributed by atoms with E-state index in [1.165, 1.54) is 96.3 Å². The Morgan fingerprint density at radius 2 is 1.00 bits per heavy atom. The van der Waals surface area contributed by atoms with Crippen molar-refractivity contribution in [1.82, 2.24) is 5.32 Å². The van der Waals surface area contributed by atoms with E-state index in [2.05, 4.69) is 61.7 Å². The lowest BCUT2D eigenvalue weighted by Crippen LogP contribution is -2.45. The molecule has 1 amide bonds. The minimum atomic E-state index is -0.687. The second-order valence-electron chi connectivity index (χ2n) is 11.9. The van der Waals surface area contributed by atoms with Gasteiger partial charge in [0, 0.05) is 6.42 Å². The monoisotopic (exact) mass is 588 g/mol. The number of allylic oxidation sites excluding steroid dienone is 8. The first-order valence-electron chi connectivity index (χ1n) is 17.8. The van der Waals surface area contributed by atoms with Gasteiger partial charge in [-0.1, -0.05) is 172 Å². The molecule has 0 aliphatic heterocycles. The van der Waals surface area contributed by atoms with Crippen LogP contribution in [0.5, 0.6) is 0 Å². The Kier molecular flexibility index (Phi) is 32.5. The van der Waals surface area contributed by atoms with Crippen molar-refractivity contribution in [3.8, 4) is 0 Å². The van der Waals surface area contributed by atoms with Crippen LogP contribution in [0.4, 0.5) is 0 Å². The van der Waals surface area contributed by atoms with Crippen LogP contribution in [-0.2, 0) is 4.79 Å². The Hall–Kier alpha value is -1.65. The third kappa shape index (κ3) is 29.8. The van der Waals surface area contributed by atoms with Crippen LogP contribution < -0.4 is 5.32 Å². The molecule has 0 spiro atoms. The van der Waals surface area contributed by atoms with Crippen LogP contribution in [0.2, 0.25) is 0 Å².